The number of ether oxygens (including phenoxy) is 3. The molecule has 0 radical (unpaired) electrons. The molecule has 5 N–H and O–H groups in total. The normalized spacial score (nSPS) is 11.7. The Morgan fingerprint density at radius 2 is 0.745 bits per heavy atom. The molecule has 141 heavy (non-hydrogen) atoms. The number of anilines is 10. The zero-order chi connectivity index (χ0) is 100. The average Bonchev–Trinajstić information content (AvgIpc) is 1.56. The van der Waals surface area contributed by atoms with Crippen molar-refractivity contribution < 1.29 is 97.6 Å². The Labute approximate surface area is 782 Å². The first-order chi connectivity index (χ1) is 67.2. The van der Waals surface area contributed by atoms with E-state index >= 15 is 0 Å². The second-order valence-electron chi connectivity index (χ2n) is 29.6. The first kappa shape index (κ1) is 97.9. The van der Waals surface area contributed by atoms with Crippen molar-refractivity contribution in [3.05, 3.63) is 314 Å². The summed E-state index contributed by atoms with van der Waals surface area (Å²) in [5.74, 6) is 4.29. The molecule has 0 amide bonds. The molecule has 5 aromatic carbocycles. The number of aryl methyl sites for hydroxylation is 4. The lowest BCUT2D eigenvalue weighted by molar-refractivity contribution is -0.274. The summed E-state index contributed by atoms with van der Waals surface area (Å²) in [5.41, 5.74) is 4.50. The van der Waals surface area contributed by atoms with Crippen molar-refractivity contribution in [2.24, 2.45) is 7.05 Å². The van der Waals surface area contributed by atoms with Gasteiger partial charge in [-0.25, -0.2) is 54.8 Å². The highest BCUT2D eigenvalue weighted by atomic mass is 19.4. The average molecular weight is 1960 g/mol. The third-order valence-corrected chi connectivity index (χ3v) is 19.9. The van der Waals surface area contributed by atoms with Gasteiger partial charge < -0.3 is 40.8 Å². The van der Waals surface area contributed by atoms with Crippen molar-refractivity contribution in [2.45, 2.75) is 78.4 Å². The molecule has 0 aliphatic rings. The van der Waals surface area contributed by atoms with E-state index in [0.717, 1.165) is 82.2 Å². The summed E-state index contributed by atoms with van der Waals surface area (Å²) in [6.07, 6.45) is -3.09. The van der Waals surface area contributed by atoms with E-state index in [1.807, 2.05) is 92.4 Å². The molecule has 0 fully saturated rings. The molecule has 0 atom stereocenters. The summed E-state index contributed by atoms with van der Waals surface area (Å²) >= 11 is 0. The second kappa shape index (κ2) is 41.5. The molecule has 0 unspecified atom stereocenters. The lowest BCUT2D eigenvalue weighted by atomic mass is 10.1. The molecule has 19 aromatic rings. The van der Waals surface area contributed by atoms with Crippen LogP contribution < -0.4 is 40.8 Å². The van der Waals surface area contributed by atoms with Crippen molar-refractivity contribution in [2.75, 3.05) is 26.6 Å². The topological polar surface area (TPSA) is 331 Å². The van der Waals surface area contributed by atoms with Crippen molar-refractivity contribution in [1.29, 1.82) is 0 Å². The van der Waals surface area contributed by atoms with Crippen LogP contribution in [0.4, 0.5) is 141 Å². The minimum atomic E-state index is -4.82. The van der Waals surface area contributed by atoms with Gasteiger partial charge in [0, 0.05) is 90.3 Å². The van der Waals surface area contributed by atoms with Crippen LogP contribution in [0.2, 0.25) is 0 Å². The molecular formula is C92H68F19N27O3. The van der Waals surface area contributed by atoms with Gasteiger partial charge in [-0.1, -0.05) is 19.1 Å². The van der Waals surface area contributed by atoms with Crippen LogP contribution in [0.3, 0.4) is 0 Å². The fraction of sp³-hybridized carbons (Fsp3) is 0.141. The highest BCUT2D eigenvalue weighted by Crippen LogP contribution is 2.41. The zero-order valence-corrected chi connectivity index (χ0v) is 73.0. The fourth-order valence-electron chi connectivity index (χ4n) is 13.9. The number of hydrogen-bond donors (Lipinski definition) is 5. The molecule has 0 saturated carbocycles. The zero-order valence-electron chi connectivity index (χ0n) is 73.0. The highest BCUT2D eigenvalue weighted by Gasteiger charge is 2.41. The Morgan fingerprint density at radius 1 is 0.362 bits per heavy atom. The quantitative estimate of drug-likeness (QED) is 0.0417. The van der Waals surface area contributed by atoms with E-state index in [1.54, 1.807) is 53.7 Å². The number of rotatable bonds is 21. The molecule has 19 rings (SSSR count). The van der Waals surface area contributed by atoms with Gasteiger partial charge in [-0.15, -0.1) is 13.2 Å². The predicted octanol–water partition coefficient (Wildman–Crippen LogP) is 23.3. The third kappa shape index (κ3) is 24.4. The van der Waals surface area contributed by atoms with Gasteiger partial charge >= 0.3 is 44.3 Å². The summed E-state index contributed by atoms with van der Waals surface area (Å²) in [6.45, 7) is 1.97. The van der Waals surface area contributed by atoms with Gasteiger partial charge in [-0.2, -0.15) is 75.3 Å². The van der Waals surface area contributed by atoms with Crippen molar-refractivity contribution >= 4 is 91.1 Å². The van der Waals surface area contributed by atoms with Crippen LogP contribution in [0.15, 0.2) is 269 Å². The first-order valence-corrected chi connectivity index (χ1v) is 41.2. The van der Waals surface area contributed by atoms with E-state index in [0.29, 0.717) is 80.9 Å². The van der Waals surface area contributed by atoms with E-state index in [1.165, 1.54) is 137 Å². The Bertz CT molecular complexity index is 7550. The summed E-state index contributed by atoms with van der Waals surface area (Å²) in [7, 11) is 1.88. The van der Waals surface area contributed by atoms with Crippen LogP contribution in [0.5, 0.6) is 17.2 Å². The minimum absolute atomic E-state index is 0.00889. The monoisotopic (exact) mass is 1960 g/mol. The lowest BCUT2D eigenvalue weighted by Gasteiger charge is -2.11. The molecule has 0 spiro atoms. The van der Waals surface area contributed by atoms with Crippen LogP contribution in [0, 0.1) is 20.8 Å². The Hall–Kier alpha value is -17.6. The van der Waals surface area contributed by atoms with Gasteiger partial charge in [0.05, 0.1) is 83.1 Å². The highest BCUT2D eigenvalue weighted by molar-refractivity contribution is 5.77. The number of imidazole rings is 4. The van der Waals surface area contributed by atoms with E-state index in [2.05, 4.69) is 126 Å². The molecular weight excluding hydrogens is 1890 g/mol. The molecule has 0 bridgehead atoms. The number of alkyl halides is 19. The Kier molecular flexibility index (Phi) is 28.8. The summed E-state index contributed by atoms with van der Waals surface area (Å²) in [4.78, 5) is 66.4. The van der Waals surface area contributed by atoms with E-state index in [-0.39, 0.29) is 57.2 Å². The summed E-state index contributed by atoms with van der Waals surface area (Å²) in [6, 6.07) is 44.4. The largest absolute Gasteiger partial charge is 0.573 e. The maximum absolute atomic E-state index is 13.5. The summed E-state index contributed by atoms with van der Waals surface area (Å²) in [5, 5.41) is 19.2. The summed E-state index contributed by atoms with van der Waals surface area (Å²) < 4.78 is 263. The number of halogens is 19. The van der Waals surface area contributed by atoms with Crippen LogP contribution in [0.25, 0.3) is 79.3 Å². The Morgan fingerprint density at radius 3 is 1.13 bits per heavy atom. The first-order valence-electron chi connectivity index (χ1n) is 41.2. The smallest absolute Gasteiger partial charge is 0.435 e. The van der Waals surface area contributed by atoms with Gasteiger partial charge in [0.25, 0.3) is 0 Å². The van der Waals surface area contributed by atoms with Gasteiger partial charge in [-0.05, 0) is 191 Å². The van der Waals surface area contributed by atoms with E-state index in [4.69, 9.17) is 0 Å². The van der Waals surface area contributed by atoms with Crippen molar-refractivity contribution in [3.63, 3.8) is 0 Å². The van der Waals surface area contributed by atoms with Crippen LogP contribution in [-0.2, 0) is 38.2 Å². The fourth-order valence-corrected chi connectivity index (χ4v) is 13.9. The lowest BCUT2D eigenvalue weighted by Crippen LogP contribution is -2.16. The predicted molar refractivity (Wildman–Crippen MR) is 478 cm³/mol. The molecule has 722 valence electrons. The van der Waals surface area contributed by atoms with E-state index < -0.39 is 72.6 Å². The van der Waals surface area contributed by atoms with Gasteiger partial charge in [0.15, 0.2) is 34.0 Å². The molecule has 14 heterocycles. The maximum atomic E-state index is 13.5. The molecule has 30 nitrogen and oxygen atoms in total. The van der Waals surface area contributed by atoms with Gasteiger partial charge in [0.1, 0.15) is 92.4 Å². The van der Waals surface area contributed by atoms with Crippen LogP contribution >= 0.6 is 0 Å². The SMILES string of the molecule is CCc1nc2ncccc2n1-c1cccc(Nc2ccc(C(F)(F)F)cc2)n1.Cc1nc2ncccc2n1-c1cccc(Nc2ccc(C(F)(F)F)cc2)n1.Cc1nn(C)c(C)c1-c1cncc(Nc2ccc(OC(F)F)cc2)n1.FC(F)(F)Oc1ccc(Nc2cncc(-c3c(C(F)(F)F)nc4cnccn34)n2)cc1.FC(F)Oc1ccc(Nc2cncc(-c3c(C(F)(F)F)nc4cnccn34)n2)cc1. The Balaban J connectivity index is 0.000000133. The van der Waals surface area contributed by atoms with Crippen molar-refractivity contribution in [3.8, 4) is 62.9 Å². The second-order valence-corrected chi connectivity index (χ2v) is 29.6. The van der Waals surface area contributed by atoms with Crippen molar-refractivity contribution in [1.82, 2.24) is 107 Å². The number of fused-ring (bicyclic) bond motifs is 4. The van der Waals surface area contributed by atoms with Crippen LogP contribution in [-0.4, -0.2) is 127 Å². The number of benzene rings is 5. The van der Waals surface area contributed by atoms with Gasteiger partial charge in [-0.3, -0.25) is 47.5 Å². The number of hydrogen-bond acceptors (Lipinski definition) is 25. The number of pyridine rings is 4. The third-order valence-electron chi connectivity index (χ3n) is 19.9. The molecule has 14 aromatic heterocycles. The number of nitrogens with zero attached hydrogens (tertiary/aromatic N) is 22. The van der Waals surface area contributed by atoms with Crippen LogP contribution in [0.1, 0.15) is 52.5 Å². The molecule has 0 aliphatic carbocycles. The maximum Gasteiger partial charge on any atom is 0.573 e. The molecule has 49 heteroatoms. The number of aromatic nitrogens is 22. The molecule has 0 saturated heterocycles. The van der Waals surface area contributed by atoms with Gasteiger partial charge in [0.2, 0.25) is 0 Å². The number of nitrogens with one attached hydrogen (secondary N) is 5. The minimum Gasteiger partial charge on any atom is -0.435 e. The van der Waals surface area contributed by atoms with E-state index in [9.17, 15) is 83.4 Å². The standard InChI is InChI=1S/C20H16F3N5.C19H14F3N5.C18H10F6N6O.C18H11F5N6O.C17H17F2N5O/c1-2-17-27-19-15(5-4-12-24-19)28(17)18-7-3-6-16(26-18)25-14-10-8-13(9-11-14)20(21,22)23;1-12-24-18-15(4-3-11-23-18)27(12)17-6-2-5-16(26-17)25-14-9-7-13(8-10-14)19(20,21)22;19-17(20,21)16-15(30-6-5-25-9-14(30)29-16)12-7-26-8-13(28-12)27-10-1-3-11(4-2-10)31-18(22,23)24;19-17(20)30-11-3-1-10(2-4-11)26-13-8-25-7-12(27-13)15-16(18(21,22)23)28-14-9-24-5-6-29(14)15;1-10-16(11(2)24(3)23-10)14-8-20-9-15(22-14)21-12-4-6-13(7-5-12)25-17(18)19/h3-12H,2H2,1H3,(H,25,26);2-11H,1H3,(H,25,26);1-9H,(H,27,28);1-9,17H,(H,26,27);4-9,17H,1-3H3,(H,21,22). The molecule has 0 aliphatic heterocycles.